The van der Waals surface area contributed by atoms with E-state index in [4.69, 9.17) is 32.7 Å². The maximum Gasteiger partial charge on any atom is 0.156 e. The molecule has 1 atom stereocenters. The normalized spacial score (nSPS) is 17.9. The second-order valence-electron chi connectivity index (χ2n) is 6.86. The molecule has 0 saturated heterocycles. The van der Waals surface area contributed by atoms with Gasteiger partial charge in [0, 0.05) is 34.2 Å². The van der Waals surface area contributed by atoms with Gasteiger partial charge in [0.1, 0.15) is 15.9 Å². The fourth-order valence-corrected chi connectivity index (χ4v) is 7.07. The quantitative estimate of drug-likeness (QED) is 0.602. The Morgan fingerprint density at radius 1 is 1.24 bits per heavy atom. The largest absolute Gasteiger partial charge is 0.505 e. The van der Waals surface area contributed by atoms with Crippen LogP contribution in [-0.2, 0) is 40.5 Å². The Hall–Kier alpha value is -1.22. The number of hydrogen-bond donors (Lipinski definition) is 1. The van der Waals surface area contributed by atoms with Crippen molar-refractivity contribution in [3.05, 3.63) is 62.9 Å². The number of hydrogen-bond acceptors (Lipinski definition) is 5. The second-order valence-corrected chi connectivity index (χ2v) is 11.2. The number of methoxy groups -OCH3 is 1. The minimum atomic E-state index is -0.914. The molecule has 1 unspecified atom stereocenters. The highest BCUT2D eigenvalue weighted by molar-refractivity contribution is 8.36. The summed E-state index contributed by atoms with van der Waals surface area (Å²) in [7, 11) is 1.14. The van der Waals surface area contributed by atoms with Crippen LogP contribution in [0.1, 0.15) is 36.2 Å². The monoisotopic (exact) mass is 473 g/mol. The third kappa shape index (κ3) is 4.17. The van der Waals surface area contributed by atoms with E-state index in [1.54, 1.807) is 31.5 Å². The molecule has 1 aliphatic rings. The van der Waals surface area contributed by atoms with Gasteiger partial charge in [-0.3, -0.25) is 4.98 Å². The van der Waals surface area contributed by atoms with E-state index in [1.165, 1.54) is 0 Å². The average Bonchev–Trinajstić information content (AvgIpc) is 2.70. The van der Waals surface area contributed by atoms with Gasteiger partial charge < -0.3 is 14.6 Å². The van der Waals surface area contributed by atoms with Crippen molar-refractivity contribution in [1.29, 1.82) is 0 Å². The van der Waals surface area contributed by atoms with E-state index in [2.05, 4.69) is 4.98 Å². The fraction of sp³-hybridized carbons (Fsp3) is 0.350. The summed E-state index contributed by atoms with van der Waals surface area (Å²) in [5.74, 6) is -0.0258. The van der Waals surface area contributed by atoms with Crippen LogP contribution in [0.2, 0.25) is 10.0 Å². The number of pyridine rings is 1. The Morgan fingerprint density at radius 2 is 2.00 bits per heavy atom. The number of halogens is 2. The molecule has 9 heteroatoms. The lowest BCUT2D eigenvalue weighted by Crippen LogP contribution is -2.30. The van der Waals surface area contributed by atoms with Crippen LogP contribution in [0.15, 0.2) is 30.5 Å². The molecule has 3 rings (SSSR count). The Labute approximate surface area is 185 Å². The highest BCUT2D eigenvalue weighted by atomic mass is 35.5. The summed E-state index contributed by atoms with van der Waals surface area (Å²) < 4.78 is 22.2. The van der Waals surface area contributed by atoms with Gasteiger partial charge in [-0.2, -0.15) is 0 Å². The molecule has 1 aromatic heterocycles. The topological polar surface area (TPSA) is 68.7 Å². The van der Waals surface area contributed by atoms with Crippen LogP contribution in [0.3, 0.4) is 0 Å². The van der Waals surface area contributed by atoms with Crippen LogP contribution in [0.25, 0.3) is 10.7 Å². The fourth-order valence-electron chi connectivity index (χ4n) is 3.20. The number of aliphatic hydroxyl groups excluding tert-OH is 1. The minimum Gasteiger partial charge on any atom is -0.505 e. The lowest BCUT2D eigenvalue weighted by molar-refractivity contribution is 0.0617. The van der Waals surface area contributed by atoms with Gasteiger partial charge in [-0.25, -0.2) is 4.21 Å². The van der Waals surface area contributed by atoms with Gasteiger partial charge in [-0.15, -0.1) is 0 Å². The summed E-state index contributed by atoms with van der Waals surface area (Å²) in [5.41, 5.74) is 2.47. The molecule has 5 nitrogen and oxygen atoms in total. The molecule has 1 aromatic carbocycles. The van der Waals surface area contributed by atoms with E-state index < -0.39 is 14.2 Å². The molecule has 156 valence electrons. The molecule has 0 radical (unpaired) electrons. The highest BCUT2D eigenvalue weighted by Crippen LogP contribution is 2.47. The van der Waals surface area contributed by atoms with Gasteiger partial charge in [-0.1, -0.05) is 35.3 Å². The van der Waals surface area contributed by atoms with Crippen LogP contribution in [0, 0.1) is 0 Å². The van der Waals surface area contributed by atoms with E-state index in [9.17, 15) is 9.32 Å². The minimum absolute atomic E-state index is 0.0258. The van der Waals surface area contributed by atoms with Gasteiger partial charge in [0.15, 0.2) is 5.76 Å². The molecule has 29 heavy (non-hydrogen) atoms. The molecule has 0 aliphatic carbocycles. The van der Waals surface area contributed by atoms with Gasteiger partial charge in [0.25, 0.3) is 0 Å². The molecule has 0 saturated carbocycles. The number of rotatable bonds is 6. The maximum absolute atomic E-state index is 12.2. The third-order valence-electron chi connectivity index (χ3n) is 4.72. The van der Waals surface area contributed by atoms with Crippen molar-refractivity contribution in [2.24, 2.45) is 0 Å². The standard InChI is InChI=1S/C20H21Cl2NO4S2/c1-20(2)14-5-4-8-23-17(14)18(24)19(29(20)28-25)12-6-7-15(21)13(16(12)22)11-27-10-9-26-3/h4-8,24H,9-11H2,1-3H3. The summed E-state index contributed by atoms with van der Waals surface area (Å²) in [6.45, 7) is 5.00. The number of benzene rings is 1. The number of ether oxygens (including phenoxy) is 2. The molecule has 2 heterocycles. The zero-order valence-corrected chi connectivity index (χ0v) is 19.3. The first-order valence-electron chi connectivity index (χ1n) is 8.82. The molecule has 0 spiro atoms. The van der Waals surface area contributed by atoms with Crippen LogP contribution in [0.4, 0.5) is 0 Å². The van der Waals surface area contributed by atoms with Crippen LogP contribution >= 0.6 is 23.2 Å². The van der Waals surface area contributed by atoms with Gasteiger partial charge in [0.2, 0.25) is 0 Å². The average molecular weight is 474 g/mol. The first-order chi connectivity index (χ1) is 13.8. The smallest absolute Gasteiger partial charge is 0.156 e. The molecule has 0 bridgehead atoms. The number of nitrogens with zero attached hydrogens (tertiary/aromatic N) is 1. The summed E-state index contributed by atoms with van der Waals surface area (Å²) in [6, 6.07) is 7.13. The van der Waals surface area contributed by atoms with Crippen molar-refractivity contribution in [1.82, 2.24) is 4.98 Å². The summed E-state index contributed by atoms with van der Waals surface area (Å²) in [4.78, 5) is 4.84. The van der Waals surface area contributed by atoms with E-state index in [0.29, 0.717) is 55.2 Å². The summed E-state index contributed by atoms with van der Waals surface area (Å²) in [6.07, 6.45) is 1.62. The highest BCUT2D eigenvalue weighted by Gasteiger charge is 2.39. The van der Waals surface area contributed by atoms with Gasteiger partial charge >= 0.3 is 0 Å². The molecular weight excluding hydrogens is 453 g/mol. The van der Waals surface area contributed by atoms with Crippen LogP contribution in [0.5, 0.6) is 0 Å². The van der Waals surface area contributed by atoms with E-state index in [1.807, 2.05) is 19.9 Å². The Balaban J connectivity index is 2.18. The molecule has 0 fully saturated rings. The zero-order chi connectivity index (χ0) is 21.2. The van der Waals surface area contributed by atoms with Crippen LogP contribution < -0.4 is 0 Å². The van der Waals surface area contributed by atoms with E-state index in [-0.39, 0.29) is 12.4 Å². The second kappa shape index (κ2) is 9.29. The van der Waals surface area contributed by atoms with Crippen LogP contribution in [-0.4, -0.2) is 34.6 Å². The van der Waals surface area contributed by atoms with Gasteiger partial charge in [0.05, 0.1) is 29.7 Å². The summed E-state index contributed by atoms with van der Waals surface area (Å²) >= 11 is 13.0. The maximum atomic E-state index is 12.2. The van der Waals surface area contributed by atoms with Crippen molar-refractivity contribution < 1.29 is 18.8 Å². The predicted octanol–water partition coefficient (Wildman–Crippen LogP) is 4.93. The lowest BCUT2D eigenvalue weighted by atomic mass is 9.97. The Morgan fingerprint density at radius 3 is 2.69 bits per heavy atom. The first-order valence-corrected chi connectivity index (χ1v) is 12.1. The van der Waals surface area contributed by atoms with Crippen molar-refractivity contribution in [3.8, 4) is 0 Å². The molecule has 1 N–H and O–H groups in total. The molecule has 1 aliphatic heterocycles. The zero-order valence-electron chi connectivity index (χ0n) is 16.2. The Kier molecular flexibility index (Phi) is 7.19. The molecule has 0 amide bonds. The van der Waals surface area contributed by atoms with Crippen molar-refractivity contribution in [2.45, 2.75) is 25.2 Å². The molecular formula is C20H21Cl2NO4S2. The predicted molar refractivity (Wildman–Crippen MR) is 120 cm³/mol. The first kappa shape index (κ1) is 22.5. The number of fused-ring (bicyclic) bond motifs is 1. The number of aliphatic hydroxyl groups is 1. The lowest BCUT2D eigenvalue weighted by Gasteiger charge is -2.34. The van der Waals surface area contributed by atoms with E-state index >= 15 is 0 Å². The van der Waals surface area contributed by atoms with E-state index in [0.717, 1.165) is 5.56 Å². The van der Waals surface area contributed by atoms with Gasteiger partial charge in [-0.05, 0) is 41.0 Å². The SMILES string of the molecule is COCCOCc1c(Cl)ccc(C2=C(O)c3ncccc3C(C)(C)S2=S=O)c1Cl. The Bertz CT molecular complexity index is 1030. The molecule has 2 aromatic rings. The van der Waals surface area contributed by atoms with Crippen molar-refractivity contribution >= 4 is 53.5 Å². The number of aromatic nitrogens is 1. The van der Waals surface area contributed by atoms with Crippen molar-refractivity contribution in [2.75, 3.05) is 20.3 Å². The summed E-state index contributed by atoms with van der Waals surface area (Å²) in [5, 5.41) is 11.9. The van der Waals surface area contributed by atoms with Crippen molar-refractivity contribution in [3.63, 3.8) is 0 Å². The third-order valence-corrected chi connectivity index (χ3v) is 9.73.